The molecule has 2 rings (SSSR count). The topological polar surface area (TPSA) is 84.2 Å². The van der Waals surface area contributed by atoms with Crippen molar-refractivity contribution in [2.45, 2.75) is 30.7 Å². The number of aromatic nitrogens is 2. The van der Waals surface area contributed by atoms with Crippen molar-refractivity contribution in [1.82, 2.24) is 14.5 Å². The Morgan fingerprint density at radius 1 is 1.45 bits per heavy atom. The molecule has 8 heteroatoms. The molecule has 2 atom stereocenters. The molecule has 6 nitrogen and oxygen atoms in total. The smallest absolute Gasteiger partial charge is 0.259 e. The fourth-order valence-corrected chi connectivity index (χ4v) is 4.53. The van der Waals surface area contributed by atoms with E-state index >= 15 is 0 Å². The van der Waals surface area contributed by atoms with Gasteiger partial charge in [-0.1, -0.05) is 24.4 Å². The van der Waals surface area contributed by atoms with Crippen LogP contribution in [0, 0.1) is 11.8 Å². The lowest BCUT2D eigenvalue weighted by atomic mass is 9.80. The number of aliphatic hydroxyl groups is 1. The van der Waals surface area contributed by atoms with E-state index < -0.39 is 10.0 Å². The van der Waals surface area contributed by atoms with Crippen LogP contribution < -0.4 is 4.72 Å². The van der Waals surface area contributed by atoms with E-state index in [2.05, 4.69) is 9.82 Å². The van der Waals surface area contributed by atoms with Gasteiger partial charge in [-0.25, -0.2) is 13.1 Å². The van der Waals surface area contributed by atoms with Gasteiger partial charge in [0.25, 0.3) is 10.0 Å². The van der Waals surface area contributed by atoms with Gasteiger partial charge >= 0.3 is 0 Å². The lowest BCUT2D eigenvalue weighted by Crippen LogP contribution is -2.36. The minimum Gasteiger partial charge on any atom is -0.396 e. The summed E-state index contributed by atoms with van der Waals surface area (Å²) in [6, 6.07) is 0. The molecule has 0 saturated heterocycles. The van der Waals surface area contributed by atoms with Crippen LogP contribution in [0.25, 0.3) is 0 Å². The Morgan fingerprint density at radius 3 is 2.65 bits per heavy atom. The summed E-state index contributed by atoms with van der Waals surface area (Å²) in [5.74, 6) is 0.351. The Morgan fingerprint density at radius 2 is 2.10 bits per heavy atom. The molecular formula is C12H20ClN3O3S. The van der Waals surface area contributed by atoms with Crippen LogP contribution in [0.1, 0.15) is 25.7 Å². The molecule has 0 spiro atoms. The number of nitrogens with one attached hydrogen (secondary N) is 1. The van der Waals surface area contributed by atoms with Crippen molar-refractivity contribution < 1.29 is 13.5 Å². The second-order valence-corrected chi connectivity index (χ2v) is 7.35. The van der Waals surface area contributed by atoms with Crippen molar-refractivity contribution >= 4 is 21.6 Å². The van der Waals surface area contributed by atoms with Gasteiger partial charge in [-0.2, -0.15) is 5.10 Å². The first-order chi connectivity index (χ1) is 9.45. The second-order valence-electron chi connectivity index (χ2n) is 5.26. The average molecular weight is 322 g/mol. The fourth-order valence-electron chi connectivity index (χ4n) is 2.78. The van der Waals surface area contributed by atoms with Crippen molar-refractivity contribution in [3.05, 3.63) is 11.2 Å². The predicted octanol–water partition coefficient (Wildman–Crippen LogP) is 1.15. The van der Waals surface area contributed by atoms with E-state index in [4.69, 9.17) is 11.6 Å². The number of aliphatic hydroxyl groups excluding tert-OH is 1. The zero-order valence-electron chi connectivity index (χ0n) is 11.4. The number of hydrogen-bond acceptors (Lipinski definition) is 4. The Bertz CT molecular complexity index is 539. The summed E-state index contributed by atoms with van der Waals surface area (Å²) in [6.07, 6.45) is 5.38. The Kier molecular flexibility index (Phi) is 5.06. The Labute approximate surface area is 124 Å². The molecule has 1 heterocycles. The highest BCUT2D eigenvalue weighted by Gasteiger charge is 2.28. The lowest BCUT2D eigenvalue weighted by molar-refractivity contribution is 0.136. The normalized spacial score (nSPS) is 23.9. The monoisotopic (exact) mass is 321 g/mol. The van der Waals surface area contributed by atoms with Crippen LogP contribution in [0.4, 0.5) is 0 Å². The van der Waals surface area contributed by atoms with Crippen LogP contribution in [-0.4, -0.2) is 36.5 Å². The number of halogens is 1. The highest BCUT2D eigenvalue weighted by molar-refractivity contribution is 7.89. The third-order valence-corrected chi connectivity index (χ3v) is 5.86. The average Bonchev–Trinajstić information content (AvgIpc) is 2.77. The standard InChI is InChI=1S/C12H20ClN3O3S/c1-16-12(11(13)7-14-16)20(18,19)15-6-9-4-2-3-5-10(9)8-17/h7,9-10,15,17H,2-6,8H2,1H3. The predicted molar refractivity (Wildman–Crippen MR) is 75.9 cm³/mol. The van der Waals surface area contributed by atoms with Crippen LogP contribution in [0.15, 0.2) is 11.2 Å². The number of sulfonamides is 1. The zero-order chi connectivity index (χ0) is 14.8. The van der Waals surface area contributed by atoms with E-state index in [1.165, 1.54) is 17.9 Å². The highest BCUT2D eigenvalue weighted by Crippen LogP contribution is 2.29. The minimum absolute atomic E-state index is 0.0180. The highest BCUT2D eigenvalue weighted by atomic mass is 35.5. The maximum atomic E-state index is 12.3. The van der Waals surface area contributed by atoms with Crippen molar-refractivity contribution in [2.24, 2.45) is 18.9 Å². The molecule has 1 fully saturated rings. The quantitative estimate of drug-likeness (QED) is 0.852. The summed E-state index contributed by atoms with van der Waals surface area (Å²) in [6.45, 7) is 0.438. The summed E-state index contributed by atoms with van der Waals surface area (Å²) in [5, 5.41) is 13.3. The number of rotatable bonds is 5. The van der Waals surface area contributed by atoms with Crippen molar-refractivity contribution in [2.75, 3.05) is 13.2 Å². The second kappa shape index (κ2) is 6.43. The van der Waals surface area contributed by atoms with Crippen LogP contribution in [0.2, 0.25) is 5.02 Å². The largest absolute Gasteiger partial charge is 0.396 e. The maximum Gasteiger partial charge on any atom is 0.259 e. The molecule has 1 aliphatic carbocycles. The molecule has 1 aromatic rings. The number of nitrogens with zero attached hydrogens (tertiary/aromatic N) is 2. The summed E-state index contributed by atoms with van der Waals surface area (Å²) in [5.41, 5.74) is 0. The van der Waals surface area contributed by atoms with Crippen LogP contribution in [-0.2, 0) is 17.1 Å². The van der Waals surface area contributed by atoms with Crippen LogP contribution in [0.5, 0.6) is 0 Å². The van der Waals surface area contributed by atoms with E-state index in [9.17, 15) is 13.5 Å². The van der Waals surface area contributed by atoms with Crippen LogP contribution in [0.3, 0.4) is 0 Å². The molecule has 1 saturated carbocycles. The van der Waals surface area contributed by atoms with Gasteiger partial charge in [-0.15, -0.1) is 0 Å². The van der Waals surface area contributed by atoms with Gasteiger partial charge in [0, 0.05) is 20.2 Å². The first-order valence-electron chi connectivity index (χ1n) is 6.73. The minimum atomic E-state index is -3.67. The van der Waals surface area contributed by atoms with Gasteiger partial charge < -0.3 is 5.11 Å². The van der Waals surface area contributed by atoms with Crippen molar-refractivity contribution in [3.63, 3.8) is 0 Å². The molecule has 0 bridgehead atoms. The SMILES string of the molecule is Cn1ncc(Cl)c1S(=O)(=O)NCC1CCCCC1CO. The molecule has 2 unspecified atom stereocenters. The first-order valence-corrected chi connectivity index (χ1v) is 8.60. The van der Waals surface area contributed by atoms with E-state index in [1.54, 1.807) is 0 Å². The summed E-state index contributed by atoms with van der Waals surface area (Å²) < 4.78 is 28.3. The van der Waals surface area contributed by atoms with E-state index in [0.29, 0.717) is 6.54 Å². The molecule has 0 radical (unpaired) electrons. The van der Waals surface area contributed by atoms with Gasteiger partial charge in [0.15, 0.2) is 5.03 Å². The molecule has 114 valence electrons. The number of aryl methyl sites for hydroxylation is 1. The molecule has 0 aliphatic heterocycles. The Balaban J connectivity index is 2.06. The van der Waals surface area contributed by atoms with E-state index in [1.807, 2.05) is 0 Å². The molecular weight excluding hydrogens is 302 g/mol. The van der Waals surface area contributed by atoms with Gasteiger partial charge in [0.2, 0.25) is 0 Å². The molecule has 20 heavy (non-hydrogen) atoms. The summed E-state index contributed by atoms with van der Waals surface area (Å²) in [7, 11) is -2.13. The summed E-state index contributed by atoms with van der Waals surface area (Å²) >= 11 is 5.86. The molecule has 1 aromatic heterocycles. The van der Waals surface area contributed by atoms with Gasteiger partial charge in [0.1, 0.15) is 0 Å². The van der Waals surface area contributed by atoms with E-state index in [-0.39, 0.29) is 28.5 Å². The molecule has 2 N–H and O–H groups in total. The molecule has 1 aliphatic rings. The number of hydrogen-bond donors (Lipinski definition) is 2. The van der Waals surface area contributed by atoms with Gasteiger partial charge in [-0.05, 0) is 24.7 Å². The fraction of sp³-hybridized carbons (Fsp3) is 0.750. The van der Waals surface area contributed by atoms with E-state index in [0.717, 1.165) is 25.7 Å². The summed E-state index contributed by atoms with van der Waals surface area (Å²) in [4.78, 5) is 0. The molecule has 0 aromatic carbocycles. The Hall–Kier alpha value is -0.630. The zero-order valence-corrected chi connectivity index (χ0v) is 13.0. The first kappa shape index (κ1) is 15.8. The third-order valence-electron chi connectivity index (χ3n) is 3.93. The molecule has 0 amide bonds. The van der Waals surface area contributed by atoms with Crippen molar-refractivity contribution in [3.8, 4) is 0 Å². The third kappa shape index (κ3) is 3.33. The van der Waals surface area contributed by atoms with Gasteiger partial charge in [-0.3, -0.25) is 4.68 Å². The van der Waals surface area contributed by atoms with Crippen LogP contribution >= 0.6 is 11.6 Å². The van der Waals surface area contributed by atoms with Crippen molar-refractivity contribution in [1.29, 1.82) is 0 Å². The van der Waals surface area contributed by atoms with Gasteiger partial charge in [0.05, 0.1) is 11.2 Å². The lowest BCUT2D eigenvalue weighted by Gasteiger charge is -2.30. The maximum absolute atomic E-state index is 12.3.